The van der Waals surface area contributed by atoms with Gasteiger partial charge in [0.25, 0.3) is 5.79 Å². The van der Waals surface area contributed by atoms with Gasteiger partial charge in [-0.15, -0.1) is 0 Å². The molecule has 1 aliphatic heterocycles. The predicted octanol–water partition coefficient (Wildman–Crippen LogP) is 1.60. The first kappa shape index (κ1) is 8.97. The SMILES string of the molecule is CO[C@]1(c2ccccc2)C=CC(=O)O1. The van der Waals surface area contributed by atoms with Crippen molar-refractivity contribution >= 4 is 5.97 Å². The van der Waals surface area contributed by atoms with Gasteiger partial charge in [-0.3, -0.25) is 0 Å². The van der Waals surface area contributed by atoms with Crippen LogP contribution in [0.25, 0.3) is 0 Å². The number of esters is 1. The summed E-state index contributed by atoms with van der Waals surface area (Å²) in [5.74, 6) is -1.41. The van der Waals surface area contributed by atoms with Gasteiger partial charge in [0.2, 0.25) is 0 Å². The number of carbonyl (C=O) groups excluding carboxylic acids is 1. The van der Waals surface area contributed by atoms with Crippen molar-refractivity contribution in [3.05, 3.63) is 48.0 Å². The number of methoxy groups -OCH3 is 1. The molecule has 1 atom stereocenters. The molecule has 0 radical (unpaired) electrons. The van der Waals surface area contributed by atoms with E-state index in [9.17, 15) is 4.79 Å². The van der Waals surface area contributed by atoms with E-state index in [0.29, 0.717) is 0 Å². The van der Waals surface area contributed by atoms with Crippen LogP contribution in [0.2, 0.25) is 0 Å². The van der Waals surface area contributed by atoms with Gasteiger partial charge in [-0.05, 0) is 6.08 Å². The number of carbonyl (C=O) groups is 1. The molecule has 3 heteroatoms. The van der Waals surface area contributed by atoms with Crippen LogP contribution in [0.5, 0.6) is 0 Å². The first-order chi connectivity index (χ1) is 6.77. The molecule has 0 saturated carbocycles. The number of ether oxygens (including phenoxy) is 2. The summed E-state index contributed by atoms with van der Waals surface area (Å²) in [6, 6.07) is 9.35. The van der Waals surface area contributed by atoms with Crippen LogP contribution in [0.1, 0.15) is 5.56 Å². The van der Waals surface area contributed by atoms with Crippen molar-refractivity contribution in [3.8, 4) is 0 Å². The number of hydrogen-bond donors (Lipinski definition) is 0. The van der Waals surface area contributed by atoms with E-state index in [1.807, 2.05) is 30.3 Å². The molecule has 14 heavy (non-hydrogen) atoms. The highest BCUT2D eigenvalue weighted by atomic mass is 16.7. The first-order valence-electron chi connectivity index (χ1n) is 4.30. The molecule has 3 nitrogen and oxygen atoms in total. The molecule has 1 heterocycles. The third-order valence-corrected chi connectivity index (χ3v) is 2.17. The van der Waals surface area contributed by atoms with E-state index in [1.165, 1.54) is 13.2 Å². The summed E-state index contributed by atoms with van der Waals surface area (Å²) in [5.41, 5.74) is 0.810. The van der Waals surface area contributed by atoms with Crippen LogP contribution >= 0.6 is 0 Å². The molecule has 0 aromatic heterocycles. The summed E-state index contributed by atoms with van der Waals surface area (Å²) in [4.78, 5) is 11.0. The molecule has 0 saturated heterocycles. The maximum absolute atomic E-state index is 11.0. The largest absolute Gasteiger partial charge is 0.422 e. The fourth-order valence-corrected chi connectivity index (χ4v) is 1.45. The number of benzene rings is 1. The Kier molecular flexibility index (Phi) is 2.09. The summed E-state index contributed by atoms with van der Waals surface area (Å²) < 4.78 is 10.3. The Bertz CT molecular complexity index is 369. The Balaban J connectivity index is 2.40. The second-order valence-electron chi connectivity index (χ2n) is 2.99. The molecular formula is C11H10O3. The highest BCUT2D eigenvalue weighted by molar-refractivity contribution is 5.85. The summed E-state index contributed by atoms with van der Waals surface area (Å²) in [5, 5.41) is 0. The first-order valence-corrected chi connectivity index (χ1v) is 4.30. The Morgan fingerprint density at radius 1 is 1.29 bits per heavy atom. The second kappa shape index (κ2) is 3.27. The third kappa shape index (κ3) is 1.32. The molecule has 0 aliphatic carbocycles. The minimum atomic E-state index is -1.03. The molecule has 0 unspecified atom stereocenters. The van der Waals surface area contributed by atoms with Crippen molar-refractivity contribution in [2.75, 3.05) is 7.11 Å². The van der Waals surface area contributed by atoms with Gasteiger partial charge in [0.15, 0.2) is 0 Å². The van der Waals surface area contributed by atoms with Gasteiger partial charge in [0.05, 0.1) is 0 Å². The zero-order chi connectivity index (χ0) is 10.0. The highest BCUT2D eigenvalue weighted by Gasteiger charge is 2.37. The van der Waals surface area contributed by atoms with E-state index >= 15 is 0 Å². The van der Waals surface area contributed by atoms with Crippen LogP contribution < -0.4 is 0 Å². The Morgan fingerprint density at radius 2 is 2.00 bits per heavy atom. The zero-order valence-corrected chi connectivity index (χ0v) is 7.77. The van der Waals surface area contributed by atoms with E-state index in [2.05, 4.69) is 0 Å². The van der Waals surface area contributed by atoms with Crippen LogP contribution in [-0.2, 0) is 20.1 Å². The standard InChI is InChI=1S/C11H10O3/c1-13-11(8-7-10(12)14-11)9-5-3-2-4-6-9/h2-8H,1H3/t11-/m1/s1. The fraction of sp³-hybridized carbons (Fsp3) is 0.182. The lowest BCUT2D eigenvalue weighted by atomic mass is 10.1. The quantitative estimate of drug-likeness (QED) is 0.664. The van der Waals surface area contributed by atoms with E-state index < -0.39 is 5.79 Å². The number of cyclic esters (lactones) is 1. The molecule has 1 aromatic rings. The van der Waals surface area contributed by atoms with E-state index in [-0.39, 0.29) is 5.97 Å². The van der Waals surface area contributed by atoms with Crippen LogP contribution in [-0.4, -0.2) is 13.1 Å². The van der Waals surface area contributed by atoms with Crippen molar-refractivity contribution < 1.29 is 14.3 Å². The van der Waals surface area contributed by atoms with E-state index in [4.69, 9.17) is 9.47 Å². The predicted molar refractivity (Wildman–Crippen MR) is 50.4 cm³/mol. The molecule has 1 aliphatic rings. The van der Waals surface area contributed by atoms with Gasteiger partial charge in [0.1, 0.15) is 0 Å². The molecule has 0 bridgehead atoms. The second-order valence-corrected chi connectivity index (χ2v) is 2.99. The van der Waals surface area contributed by atoms with Gasteiger partial charge >= 0.3 is 5.97 Å². The van der Waals surface area contributed by atoms with Gasteiger partial charge in [-0.2, -0.15) is 0 Å². The molecule has 0 N–H and O–H groups in total. The maximum atomic E-state index is 11.0. The van der Waals surface area contributed by atoms with Gasteiger partial charge < -0.3 is 9.47 Å². The van der Waals surface area contributed by atoms with Gasteiger partial charge in [0, 0.05) is 18.7 Å². The van der Waals surface area contributed by atoms with Crippen molar-refractivity contribution in [3.63, 3.8) is 0 Å². The van der Waals surface area contributed by atoms with E-state index in [0.717, 1.165) is 5.56 Å². The molecule has 1 aromatic carbocycles. The molecule has 2 rings (SSSR count). The van der Waals surface area contributed by atoms with Crippen molar-refractivity contribution in [2.24, 2.45) is 0 Å². The molecule has 0 fully saturated rings. The Hall–Kier alpha value is -1.61. The average molecular weight is 190 g/mol. The summed E-state index contributed by atoms with van der Waals surface area (Å²) >= 11 is 0. The monoisotopic (exact) mass is 190 g/mol. The minimum absolute atomic E-state index is 0.379. The topological polar surface area (TPSA) is 35.5 Å². The van der Waals surface area contributed by atoms with Crippen LogP contribution in [0.15, 0.2) is 42.5 Å². The van der Waals surface area contributed by atoms with Gasteiger partial charge in [-0.25, -0.2) is 4.79 Å². The molecule has 0 spiro atoms. The van der Waals surface area contributed by atoms with Crippen LogP contribution in [0.4, 0.5) is 0 Å². The Labute approximate surface area is 81.9 Å². The normalized spacial score (nSPS) is 25.1. The van der Waals surface area contributed by atoms with Crippen molar-refractivity contribution in [1.82, 2.24) is 0 Å². The average Bonchev–Trinajstić information content (AvgIpc) is 2.63. The molecular weight excluding hydrogens is 180 g/mol. The number of hydrogen-bond acceptors (Lipinski definition) is 3. The van der Waals surface area contributed by atoms with Crippen LogP contribution in [0, 0.1) is 0 Å². The summed E-state index contributed by atoms with van der Waals surface area (Å²) in [7, 11) is 1.51. The highest BCUT2D eigenvalue weighted by Crippen LogP contribution is 2.32. The summed E-state index contributed by atoms with van der Waals surface area (Å²) in [6.45, 7) is 0. The maximum Gasteiger partial charge on any atom is 0.333 e. The Morgan fingerprint density at radius 3 is 2.50 bits per heavy atom. The molecule has 72 valence electrons. The van der Waals surface area contributed by atoms with Gasteiger partial charge in [-0.1, -0.05) is 30.3 Å². The summed E-state index contributed by atoms with van der Waals surface area (Å²) in [6.07, 6.45) is 2.99. The van der Waals surface area contributed by atoms with E-state index in [1.54, 1.807) is 6.08 Å². The molecule has 0 amide bonds. The zero-order valence-electron chi connectivity index (χ0n) is 7.77. The number of rotatable bonds is 2. The lowest BCUT2D eigenvalue weighted by Crippen LogP contribution is -2.27. The third-order valence-electron chi connectivity index (χ3n) is 2.17. The van der Waals surface area contributed by atoms with Crippen LogP contribution in [0.3, 0.4) is 0 Å². The lowest BCUT2D eigenvalue weighted by molar-refractivity contribution is -0.192. The smallest absolute Gasteiger partial charge is 0.333 e. The fourth-order valence-electron chi connectivity index (χ4n) is 1.45. The van der Waals surface area contributed by atoms with Crippen molar-refractivity contribution in [2.45, 2.75) is 5.79 Å². The minimum Gasteiger partial charge on any atom is -0.422 e. The van der Waals surface area contributed by atoms with Crippen molar-refractivity contribution in [1.29, 1.82) is 0 Å². The lowest BCUT2D eigenvalue weighted by Gasteiger charge is -2.24.